The Bertz CT molecular complexity index is 745. The zero-order chi connectivity index (χ0) is 19.2. The van der Waals surface area contributed by atoms with Gasteiger partial charge in [-0.25, -0.2) is 15.0 Å². The van der Waals surface area contributed by atoms with Gasteiger partial charge in [-0.2, -0.15) is 0 Å². The smallest absolute Gasteiger partial charge is 0.316 e. The Hall–Kier alpha value is -2.41. The van der Waals surface area contributed by atoms with E-state index in [1.54, 1.807) is 18.3 Å². The van der Waals surface area contributed by atoms with Gasteiger partial charge in [0.2, 0.25) is 5.88 Å². The molecular formula is C19H23ClN4O3. The molecule has 144 valence electrons. The SMILES string of the molecule is CC(C)Oc1ccc(C(=O)NC2CCC(Oc3ncc(Cl)cn3)CC2)cn1. The number of rotatable bonds is 6. The molecule has 0 atom stereocenters. The minimum Gasteiger partial charge on any atom is -0.475 e. The maximum atomic E-state index is 12.4. The summed E-state index contributed by atoms with van der Waals surface area (Å²) in [6, 6.07) is 3.90. The second kappa shape index (κ2) is 8.99. The molecule has 2 heterocycles. The van der Waals surface area contributed by atoms with E-state index >= 15 is 0 Å². The Morgan fingerprint density at radius 3 is 2.41 bits per heavy atom. The van der Waals surface area contributed by atoms with E-state index in [2.05, 4.69) is 20.3 Å². The molecule has 1 saturated carbocycles. The van der Waals surface area contributed by atoms with E-state index in [4.69, 9.17) is 21.1 Å². The van der Waals surface area contributed by atoms with Crippen molar-refractivity contribution in [3.05, 3.63) is 41.3 Å². The molecule has 0 unspecified atom stereocenters. The lowest BCUT2D eigenvalue weighted by atomic mass is 9.93. The predicted octanol–water partition coefficient (Wildman–Crippen LogP) is 3.43. The lowest BCUT2D eigenvalue weighted by molar-refractivity contribution is 0.0884. The van der Waals surface area contributed by atoms with E-state index in [0.717, 1.165) is 25.7 Å². The van der Waals surface area contributed by atoms with Crippen LogP contribution < -0.4 is 14.8 Å². The molecule has 8 heteroatoms. The number of ether oxygens (including phenoxy) is 2. The average Bonchev–Trinajstić information content (AvgIpc) is 2.65. The highest BCUT2D eigenvalue weighted by atomic mass is 35.5. The van der Waals surface area contributed by atoms with Crippen LogP contribution >= 0.6 is 11.6 Å². The van der Waals surface area contributed by atoms with Gasteiger partial charge in [-0.1, -0.05) is 11.6 Å². The summed E-state index contributed by atoms with van der Waals surface area (Å²) >= 11 is 5.77. The Labute approximate surface area is 163 Å². The zero-order valence-corrected chi connectivity index (χ0v) is 16.1. The van der Waals surface area contributed by atoms with Crippen LogP contribution in [0.15, 0.2) is 30.7 Å². The van der Waals surface area contributed by atoms with Gasteiger partial charge in [0.1, 0.15) is 6.10 Å². The highest BCUT2D eigenvalue weighted by Crippen LogP contribution is 2.23. The number of aromatic nitrogens is 3. The molecule has 2 aromatic rings. The van der Waals surface area contributed by atoms with Crippen LogP contribution in [0.3, 0.4) is 0 Å². The second-order valence-corrected chi connectivity index (χ2v) is 7.24. The van der Waals surface area contributed by atoms with Crippen LogP contribution in [-0.4, -0.2) is 39.1 Å². The third-order valence-corrected chi connectivity index (χ3v) is 4.43. The van der Waals surface area contributed by atoms with Crippen molar-refractivity contribution in [3.8, 4) is 11.9 Å². The summed E-state index contributed by atoms with van der Waals surface area (Å²) in [6.45, 7) is 3.86. The van der Waals surface area contributed by atoms with Crippen LogP contribution in [0.2, 0.25) is 5.02 Å². The van der Waals surface area contributed by atoms with Gasteiger partial charge in [-0.15, -0.1) is 0 Å². The molecule has 0 saturated heterocycles. The van der Waals surface area contributed by atoms with E-state index in [1.807, 2.05) is 13.8 Å². The van der Waals surface area contributed by atoms with Gasteiger partial charge in [0.25, 0.3) is 5.91 Å². The average molecular weight is 391 g/mol. The van der Waals surface area contributed by atoms with Crippen LogP contribution in [0.5, 0.6) is 11.9 Å². The highest BCUT2D eigenvalue weighted by molar-refractivity contribution is 6.30. The van der Waals surface area contributed by atoms with Crippen LogP contribution in [0.1, 0.15) is 49.9 Å². The predicted molar refractivity (Wildman–Crippen MR) is 101 cm³/mol. The highest BCUT2D eigenvalue weighted by Gasteiger charge is 2.24. The minimum atomic E-state index is -0.121. The molecule has 0 aliphatic heterocycles. The number of hydrogen-bond donors (Lipinski definition) is 1. The summed E-state index contributed by atoms with van der Waals surface area (Å²) in [4.78, 5) is 24.7. The molecule has 0 aromatic carbocycles. The Morgan fingerprint density at radius 2 is 1.81 bits per heavy atom. The lowest BCUT2D eigenvalue weighted by Crippen LogP contribution is -2.39. The van der Waals surface area contributed by atoms with Gasteiger partial charge in [-0.3, -0.25) is 4.79 Å². The summed E-state index contributed by atoms with van der Waals surface area (Å²) in [7, 11) is 0. The minimum absolute atomic E-state index is 0.0489. The summed E-state index contributed by atoms with van der Waals surface area (Å²) in [6.07, 6.45) is 8.01. The molecular weight excluding hydrogens is 368 g/mol. The van der Waals surface area contributed by atoms with Crippen molar-refractivity contribution in [3.63, 3.8) is 0 Å². The number of amides is 1. The maximum absolute atomic E-state index is 12.4. The molecule has 0 bridgehead atoms. The molecule has 1 fully saturated rings. The Balaban J connectivity index is 1.45. The molecule has 3 rings (SSSR count). The van der Waals surface area contributed by atoms with Crippen LogP contribution in [0.25, 0.3) is 0 Å². The summed E-state index contributed by atoms with van der Waals surface area (Å²) in [5.41, 5.74) is 0.527. The maximum Gasteiger partial charge on any atom is 0.316 e. The summed E-state index contributed by atoms with van der Waals surface area (Å²) < 4.78 is 11.3. The van der Waals surface area contributed by atoms with Gasteiger partial charge in [0.15, 0.2) is 0 Å². The fourth-order valence-corrected chi connectivity index (χ4v) is 3.03. The Morgan fingerprint density at radius 1 is 1.11 bits per heavy atom. The van der Waals surface area contributed by atoms with Crippen LogP contribution in [0.4, 0.5) is 0 Å². The van der Waals surface area contributed by atoms with Crippen molar-refractivity contribution in [1.82, 2.24) is 20.3 Å². The normalized spacial score (nSPS) is 19.6. The Kier molecular flexibility index (Phi) is 6.45. The standard InChI is InChI=1S/C19H23ClN4O3/c1-12(2)26-17-8-3-13(9-21-17)18(25)24-15-4-6-16(7-5-15)27-19-22-10-14(20)11-23-19/h3,8-12,15-16H,4-7H2,1-2H3,(H,24,25). The fourth-order valence-electron chi connectivity index (χ4n) is 2.93. The van der Waals surface area contributed by atoms with E-state index < -0.39 is 0 Å². The van der Waals surface area contributed by atoms with E-state index in [0.29, 0.717) is 22.5 Å². The van der Waals surface area contributed by atoms with Gasteiger partial charge >= 0.3 is 6.01 Å². The first-order chi connectivity index (χ1) is 13.0. The zero-order valence-electron chi connectivity index (χ0n) is 15.4. The molecule has 2 aromatic heterocycles. The third kappa shape index (κ3) is 5.79. The van der Waals surface area contributed by atoms with Crippen molar-refractivity contribution < 1.29 is 14.3 Å². The van der Waals surface area contributed by atoms with Crippen molar-refractivity contribution in [2.45, 2.75) is 57.8 Å². The first-order valence-corrected chi connectivity index (χ1v) is 9.45. The number of nitrogens with zero attached hydrogens (tertiary/aromatic N) is 3. The van der Waals surface area contributed by atoms with Gasteiger partial charge < -0.3 is 14.8 Å². The van der Waals surface area contributed by atoms with Crippen molar-refractivity contribution >= 4 is 17.5 Å². The lowest BCUT2D eigenvalue weighted by Gasteiger charge is -2.28. The summed E-state index contributed by atoms with van der Waals surface area (Å²) in [5, 5.41) is 3.54. The van der Waals surface area contributed by atoms with Crippen molar-refractivity contribution in [1.29, 1.82) is 0 Å². The quantitative estimate of drug-likeness (QED) is 0.813. The summed E-state index contributed by atoms with van der Waals surface area (Å²) in [5.74, 6) is 0.396. The monoisotopic (exact) mass is 390 g/mol. The molecule has 1 amide bonds. The van der Waals surface area contributed by atoms with Crippen molar-refractivity contribution in [2.24, 2.45) is 0 Å². The largest absolute Gasteiger partial charge is 0.475 e. The number of pyridine rings is 1. The molecule has 0 radical (unpaired) electrons. The van der Waals surface area contributed by atoms with Gasteiger partial charge in [0.05, 0.1) is 29.1 Å². The molecule has 0 spiro atoms. The topological polar surface area (TPSA) is 86.2 Å². The molecule has 1 aliphatic rings. The molecule has 7 nitrogen and oxygen atoms in total. The number of nitrogens with one attached hydrogen (secondary N) is 1. The van der Waals surface area contributed by atoms with Crippen LogP contribution in [0, 0.1) is 0 Å². The molecule has 27 heavy (non-hydrogen) atoms. The molecule has 1 aliphatic carbocycles. The second-order valence-electron chi connectivity index (χ2n) is 6.80. The first kappa shape index (κ1) is 19.4. The number of hydrogen-bond acceptors (Lipinski definition) is 6. The van der Waals surface area contributed by atoms with Crippen molar-refractivity contribution in [2.75, 3.05) is 0 Å². The number of carbonyl (C=O) groups excluding carboxylic acids is 1. The third-order valence-electron chi connectivity index (χ3n) is 4.23. The van der Waals surface area contributed by atoms with E-state index in [9.17, 15) is 4.79 Å². The van der Waals surface area contributed by atoms with Gasteiger partial charge in [0, 0.05) is 18.3 Å². The van der Waals surface area contributed by atoms with E-state index in [1.165, 1.54) is 12.4 Å². The fraction of sp³-hybridized carbons (Fsp3) is 0.474. The number of carbonyl (C=O) groups is 1. The first-order valence-electron chi connectivity index (χ1n) is 9.07. The van der Waals surface area contributed by atoms with E-state index in [-0.39, 0.29) is 24.2 Å². The molecule has 1 N–H and O–H groups in total. The number of halogens is 1. The van der Waals surface area contributed by atoms with Crippen LogP contribution in [-0.2, 0) is 0 Å². The van der Waals surface area contributed by atoms with Gasteiger partial charge in [-0.05, 0) is 45.6 Å².